The first kappa shape index (κ1) is 29.5. The summed E-state index contributed by atoms with van der Waals surface area (Å²) in [5.74, 6) is -4.68. The van der Waals surface area contributed by atoms with Crippen LogP contribution >= 0.6 is 0 Å². The zero-order chi connectivity index (χ0) is 26.7. The zero-order valence-electron chi connectivity index (χ0n) is 22.8. The Morgan fingerprint density at radius 3 is 2.46 bits per heavy atom. The van der Waals surface area contributed by atoms with Crippen LogP contribution in [0.1, 0.15) is 107 Å². The van der Waals surface area contributed by atoms with Crippen molar-refractivity contribution in [3.63, 3.8) is 0 Å². The maximum atomic E-state index is 15.5. The van der Waals surface area contributed by atoms with E-state index in [1.165, 1.54) is 25.3 Å². The summed E-state index contributed by atoms with van der Waals surface area (Å²) in [6, 6.07) is 8.97. The molecule has 1 aliphatic rings. The fourth-order valence-corrected chi connectivity index (χ4v) is 4.97. The summed E-state index contributed by atoms with van der Waals surface area (Å²) in [6.07, 6.45) is 9.99. The molecule has 2 unspecified atom stereocenters. The molecule has 37 heavy (non-hydrogen) atoms. The van der Waals surface area contributed by atoms with Crippen LogP contribution in [0.2, 0.25) is 0 Å². The monoisotopic (exact) mass is 519 g/mol. The molecule has 0 amide bonds. The van der Waals surface area contributed by atoms with Crippen molar-refractivity contribution in [3.05, 3.63) is 58.5 Å². The van der Waals surface area contributed by atoms with Gasteiger partial charge in [-0.1, -0.05) is 70.7 Å². The van der Waals surface area contributed by atoms with E-state index in [0.717, 1.165) is 56.6 Å². The van der Waals surface area contributed by atoms with E-state index in [4.69, 9.17) is 9.47 Å². The molecule has 0 spiro atoms. The van der Waals surface area contributed by atoms with Gasteiger partial charge < -0.3 is 9.47 Å². The summed E-state index contributed by atoms with van der Waals surface area (Å²) in [5, 5.41) is 0. The second-order valence-corrected chi connectivity index (χ2v) is 10.5. The molecule has 0 saturated carbocycles. The first-order chi connectivity index (χ1) is 17.9. The van der Waals surface area contributed by atoms with Gasteiger partial charge in [-0.15, -0.1) is 0 Å². The van der Waals surface area contributed by atoms with Gasteiger partial charge in [0.1, 0.15) is 0 Å². The molecule has 0 aliphatic heterocycles. The average Bonchev–Trinajstić information content (AvgIpc) is 2.88. The van der Waals surface area contributed by atoms with Gasteiger partial charge in [0.15, 0.2) is 0 Å². The quantitative estimate of drug-likeness (QED) is 0.164. The molecule has 2 aromatic rings. The molecule has 0 N–H and O–H groups in total. The summed E-state index contributed by atoms with van der Waals surface area (Å²) in [6.45, 7) is 8.37. The van der Waals surface area contributed by atoms with Gasteiger partial charge in [-0.05, 0) is 67.6 Å². The summed E-state index contributed by atoms with van der Waals surface area (Å²) < 4.78 is 57.1. The molecule has 0 fully saturated rings. The highest BCUT2D eigenvalue weighted by Crippen LogP contribution is 2.50. The highest BCUT2D eigenvalue weighted by Gasteiger charge is 2.49. The van der Waals surface area contributed by atoms with E-state index in [1.54, 1.807) is 12.1 Å². The molecule has 0 bridgehead atoms. The molecular formula is C31H44F3NO2. The number of pyridine rings is 1. The van der Waals surface area contributed by atoms with E-state index in [2.05, 4.69) is 25.8 Å². The molecule has 0 radical (unpaired) electrons. The summed E-state index contributed by atoms with van der Waals surface area (Å²) in [5.41, 5.74) is 1.44. The number of rotatable bonds is 16. The predicted octanol–water partition coefficient (Wildman–Crippen LogP) is 8.78. The Balaban J connectivity index is 1.56. The first-order valence-corrected chi connectivity index (χ1v) is 14.2. The van der Waals surface area contributed by atoms with E-state index in [0.29, 0.717) is 30.8 Å². The third-order valence-electron chi connectivity index (χ3n) is 7.57. The van der Waals surface area contributed by atoms with E-state index in [9.17, 15) is 4.39 Å². The standard InChI is InChI=1S/C31H44F3NO2/c1-4-6-19-36-20-9-10-21-37-28-22-26-17-18-27(31(33,34)29(26)30(32)35-28)25-15-13-24(14-16-25)12-8-7-11-23(3)5-2/h13-16,22-23,27H,4-12,17-21H2,1-3H3. The van der Waals surface area contributed by atoms with Gasteiger partial charge in [0.2, 0.25) is 11.8 Å². The van der Waals surface area contributed by atoms with Gasteiger partial charge in [-0.2, -0.15) is 9.37 Å². The van der Waals surface area contributed by atoms with E-state index in [-0.39, 0.29) is 12.3 Å². The normalized spacial score (nSPS) is 17.4. The minimum Gasteiger partial charge on any atom is -0.478 e. The molecule has 3 nitrogen and oxygen atoms in total. The number of aryl methyl sites for hydroxylation is 2. The molecule has 6 heteroatoms. The van der Waals surface area contributed by atoms with E-state index < -0.39 is 23.4 Å². The van der Waals surface area contributed by atoms with Crippen LogP contribution in [0.5, 0.6) is 5.88 Å². The summed E-state index contributed by atoms with van der Waals surface area (Å²) >= 11 is 0. The van der Waals surface area contributed by atoms with Crippen LogP contribution in [0, 0.1) is 11.9 Å². The minimum atomic E-state index is -3.32. The number of nitrogens with zero attached hydrogens (tertiary/aromatic N) is 1. The Morgan fingerprint density at radius 1 is 1.00 bits per heavy atom. The predicted molar refractivity (Wildman–Crippen MR) is 143 cm³/mol. The van der Waals surface area contributed by atoms with Gasteiger partial charge in [0.25, 0.3) is 5.92 Å². The number of hydrogen-bond donors (Lipinski definition) is 0. The smallest absolute Gasteiger partial charge is 0.284 e. The Hall–Kier alpha value is -2.08. The van der Waals surface area contributed by atoms with Gasteiger partial charge in [-0.3, -0.25) is 0 Å². The number of unbranched alkanes of at least 4 members (excludes halogenated alkanes) is 3. The first-order valence-electron chi connectivity index (χ1n) is 14.2. The lowest BCUT2D eigenvalue weighted by Crippen LogP contribution is -2.32. The molecular weight excluding hydrogens is 475 g/mol. The third-order valence-corrected chi connectivity index (χ3v) is 7.57. The third kappa shape index (κ3) is 8.46. The van der Waals surface area contributed by atoms with E-state index >= 15 is 8.78 Å². The Morgan fingerprint density at radius 2 is 1.73 bits per heavy atom. The topological polar surface area (TPSA) is 31.4 Å². The number of alkyl halides is 2. The molecule has 206 valence electrons. The number of benzene rings is 1. The molecule has 1 aliphatic carbocycles. The van der Waals surface area contributed by atoms with Crippen LogP contribution in [-0.2, 0) is 23.5 Å². The fourth-order valence-electron chi connectivity index (χ4n) is 4.97. The number of ether oxygens (including phenoxy) is 2. The zero-order valence-corrected chi connectivity index (χ0v) is 22.8. The van der Waals surface area contributed by atoms with Crippen molar-refractivity contribution in [2.75, 3.05) is 19.8 Å². The molecule has 1 aromatic heterocycles. The number of fused-ring (bicyclic) bond motifs is 1. The van der Waals surface area contributed by atoms with E-state index in [1.807, 2.05) is 12.1 Å². The summed E-state index contributed by atoms with van der Waals surface area (Å²) in [7, 11) is 0. The van der Waals surface area contributed by atoms with Crippen LogP contribution in [0.15, 0.2) is 30.3 Å². The van der Waals surface area contributed by atoms with Gasteiger partial charge >= 0.3 is 0 Å². The molecule has 2 atom stereocenters. The van der Waals surface area contributed by atoms with Crippen molar-refractivity contribution in [1.29, 1.82) is 0 Å². The lowest BCUT2D eigenvalue weighted by Gasteiger charge is -2.33. The lowest BCUT2D eigenvalue weighted by molar-refractivity contribution is -0.0475. The molecule has 3 rings (SSSR count). The van der Waals surface area contributed by atoms with Crippen molar-refractivity contribution in [2.24, 2.45) is 5.92 Å². The van der Waals surface area contributed by atoms with Crippen LogP contribution in [-0.4, -0.2) is 24.8 Å². The molecule has 1 aromatic carbocycles. The van der Waals surface area contributed by atoms with Crippen LogP contribution in [0.25, 0.3) is 0 Å². The van der Waals surface area contributed by atoms with Gasteiger partial charge in [-0.25, -0.2) is 8.78 Å². The second kappa shape index (κ2) is 14.8. The Labute approximate surface area is 221 Å². The maximum Gasteiger partial charge on any atom is 0.284 e. The number of hydrogen-bond acceptors (Lipinski definition) is 3. The van der Waals surface area contributed by atoms with Crippen molar-refractivity contribution < 1.29 is 22.6 Å². The van der Waals surface area contributed by atoms with Crippen molar-refractivity contribution >= 4 is 0 Å². The van der Waals surface area contributed by atoms with Crippen molar-refractivity contribution in [3.8, 4) is 5.88 Å². The summed E-state index contributed by atoms with van der Waals surface area (Å²) in [4.78, 5) is 3.74. The maximum absolute atomic E-state index is 15.5. The largest absolute Gasteiger partial charge is 0.478 e. The molecule has 0 saturated heterocycles. The number of aromatic nitrogens is 1. The average molecular weight is 520 g/mol. The Kier molecular flexibility index (Phi) is 11.8. The SMILES string of the molecule is CCCCOCCCCOc1cc2c(c(F)n1)C(F)(F)C(c1ccc(CCCCC(C)CC)cc1)CC2. The molecule has 1 heterocycles. The van der Waals surface area contributed by atoms with Crippen molar-refractivity contribution in [2.45, 2.75) is 103 Å². The second-order valence-electron chi connectivity index (χ2n) is 10.5. The highest BCUT2D eigenvalue weighted by atomic mass is 19.3. The Bertz CT molecular complexity index is 948. The fraction of sp³-hybridized carbons (Fsp3) is 0.645. The lowest BCUT2D eigenvalue weighted by atomic mass is 9.77. The van der Waals surface area contributed by atoms with Crippen LogP contribution in [0.3, 0.4) is 0 Å². The van der Waals surface area contributed by atoms with Crippen LogP contribution in [0.4, 0.5) is 13.2 Å². The van der Waals surface area contributed by atoms with Crippen LogP contribution < -0.4 is 4.74 Å². The number of halogens is 3. The van der Waals surface area contributed by atoms with Crippen molar-refractivity contribution in [1.82, 2.24) is 4.98 Å². The highest BCUT2D eigenvalue weighted by molar-refractivity contribution is 5.40. The van der Waals surface area contributed by atoms with Gasteiger partial charge in [0.05, 0.1) is 18.1 Å². The van der Waals surface area contributed by atoms with Gasteiger partial charge in [0, 0.05) is 19.3 Å². The minimum absolute atomic E-state index is 0.0788.